The van der Waals surface area contributed by atoms with Gasteiger partial charge in [0, 0.05) is 23.2 Å². The zero-order valence-electron chi connectivity index (χ0n) is 7.87. The van der Waals surface area contributed by atoms with Gasteiger partial charge in [0.15, 0.2) is 5.82 Å². The molecule has 4 nitrogen and oxygen atoms in total. The van der Waals surface area contributed by atoms with Crippen molar-refractivity contribution in [2.75, 3.05) is 3.82 Å². The lowest BCUT2D eigenvalue weighted by Crippen LogP contribution is -2.21. The van der Waals surface area contributed by atoms with E-state index in [1.807, 2.05) is 0 Å². The molecule has 0 N–H and O–H groups in total. The number of benzene rings is 1. The molecule has 0 aliphatic heterocycles. The summed E-state index contributed by atoms with van der Waals surface area (Å²) in [4.78, 5) is 3.84. The molecule has 83 valence electrons. The number of rotatable bonds is 3. The second-order valence-corrected chi connectivity index (χ2v) is 5.81. The second-order valence-electron chi connectivity index (χ2n) is 2.79. The molecule has 0 saturated carbocycles. The van der Waals surface area contributed by atoms with Crippen LogP contribution in [0.4, 0.5) is 5.82 Å². The first kappa shape index (κ1) is 11.4. The lowest BCUT2D eigenvalue weighted by atomic mass is 10.4. The largest absolute Gasteiger partial charge is 0.280 e. The van der Waals surface area contributed by atoms with Gasteiger partial charge < -0.3 is 0 Å². The maximum atomic E-state index is 12.0. The number of thiazole rings is 1. The molecule has 0 saturated heterocycles. The summed E-state index contributed by atoms with van der Waals surface area (Å²) in [6, 6.07) is 8.84. The van der Waals surface area contributed by atoms with Crippen molar-refractivity contribution in [3.63, 3.8) is 0 Å². The van der Waals surface area contributed by atoms with E-state index in [0.717, 1.165) is 0 Å². The van der Waals surface area contributed by atoms with Crippen LogP contribution >= 0.6 is 23.1 Å². The Kier molecular flexibility index (Phi) is 3.13. The minimum Gasteiger partial charge on any atom is -0.225 e. The Morgan fingerprint density at radius 3 is 2.81 bits per heavy atom. The first-order valence-electron chi connectivity index (χ1n) is 4.18. The number of halogens is 1. The van der Waals surface area contributed by atoms with E-state index >= 15 is 0 Å². The Labute approximate surface area is 102 Å². The third-order valence-electron chi connectivity index (χ3n) is 1.77. The number of sulfonamides is 1. The maximum absolute atomic E-state index is 12.0. The highest BCUT2D eigenvalue weighted by Crippen LogP contribution is 2.24. The monoisotopic (exact) mass is 273 g/mol. The van der Waals surface area contributed by atoms with Gasteiger partial charge in [0.2, 0.25) is 0 Å². The fourth-order valence-corrected chi connectivity index (χ4v) is 2.98. The van der Waals surface area contributed by atoms with Gasteiger partial charge in [0.25, 0.3) is 10.0 Å². The van der Waals surface area contributed by atoms with Crippen molar-refractivity contribution in [2.45, 2.75) is 4.90 Å². The molecular formula is C9H6ClN2O2S2. The van der Waals surface area contributed by atoms with Crippen molar-refractivity contribution in [3.05, 3.63) is 41.2 Å². The van der Waals surface area contributed by atoms with Crippen LogP contribution in [0.25, 0.3) is 0 Å². The van der Waals surface area contributed by atoms with Crippen molar-refractivity contribution in [3.8, 4) is 0 Å². The molecule has 2 rings (SSSR count). The van der Waals surface area contributed by atoms with Crippen LogP contribution in [-0.4, -0.2) is 13.4 Å². The maximum Gasteiger partial charge on any atom is 0.280 e. The number of anilines is 1. The highest BCUT2D eigenvalue weighted by atomic mass is 35.5. The first-order valence-corrected chi connectivity index (χ1v) is 6.90. The molecule has 1 heterocycles. The zero-order valence-corrected chi connectivity index (χ0v) is 10.3. The summed E-state index contributed by atoms with van der Waals surface area (Å²) in [6.07, 6.45) is 0. The summed E-state index contributed by atoms with van der Waals surface area (Å²) in [5, 5.41) is 1.55. The van der Waals surface area contributed by atoms with Crippen LogP contribution in [-0.2, 0) is 10.0 Å². The fourth-order valence-electron chi connectivity index (χ4n) is 1.04. The zero-order chi connectivity index (χ0) is 11.6. The van der Waals surface area contributed by atoms with E-state index in [4.69, 9.17) is 11.8 Å². The van der Waals surface area contributed by atoms with Gasteiger partial charge in [0.1, 0.15) is 0 Å². The van der Waals surface area contributed by atoms with Gasteiger partial charge >= 0.3 is 0 Å². The Balaban J connectivity index is 2.41. The molecule has 0 amide bonds. The summed E-state index contributed by atoms with van der Waals surface area (Å²) < 4.78 is 24.5. The molecule has 0 aliphatic carbocycles. The van der Waals surface area contributed by atoms with E-state index in [9.17, 15) is 8.42 Å². The Morgan fingerprint density at radius 2 is 2.25 bits per heavy atom. The van der Waals surface area contributed by atoms with Gasteiger partial charge in [-0.1, -0.05) is 18.2 Å². The van der Waals surface area contributed by atoms with Crippen LogP contribution in [0.5, 0.6) is 0 Å². The van der Waals surface area contributed by atoms with E-state index < -0.39 is 10.0 Å². The number of hydrogen-bond donors (Lipinski definition) is 0. The molecule has 2 aromatic rings. The van der Waals surface area contributed by atoms with E-state index in [0.29, 0.717) is 3.82 Å². The van der Waals surface area contributed by atoms with Gasteiger partial charge in [-0.3, -0.25) is 0 Å². The minimum absolute atomic E-state index is 0.0120. The smallest absolute Gasteiger partial charge is 0.225 e. The second kappa shape index (κ2) is 4.40. The third kappa shape index (κ3) is 2.04. The lowest BCUT2D eigenvalue weighted by Gasteiger charge is -2.12. The summed E-state index contributed by atoms with van der Waals surface area (Å²) in [5.41, 5.74) is 1.51. The van der Waals surface area contributed by atoms with Gasteiger partial charge in [-0.2, -0.15) is 12.2 Å². The van der Waals surface area contributed by atoms with Crippen LogP contribution in [0.1, 0.15) is 0 Å². The van der Waals surface area contributed by atoms with Crippen LogP contribution in [0.3, 0.4) is 0 Å². The third-order valence-corrected chi connectivity index (χ3v) is 4.48. The predicted molar refractivity (Wildman–Crippen MR) is 62.9 cm³/mol. The van der Waals surface area contributed by atoms with Crippen molar-refractivity contribution < 1.29 is 8.42 Å². The molecule has 0 spiro atoms. The standard InChI is InChI=1S/C9H6ClN2O2S2/c10-12(9-6-15-7-11-9)16(13,14)8-4-2-1-3-5-8/h1-4,6-7H. The quantitative estimate of drug-likeness (QED) is 0.806. The summed E-state index contributed by atoms with van der Waals surface area (Å²) in [5.74, 6) is 0.184. The molecule has 1 radical (unpaired) electrons. The average molecular weight is 274 g/mol. The van der Waals surface area contributed by atoms with Crippen molar-refractivity contribution in [1.29, 1.82) is 0 Å². The molecule has 0 aliphatic rings. The lowest BCUT2D eigenvalue weighted by molar-refractivity contribution is 0.597. The molecule has 1 aromatic carbocycles. The van der Waals surface area contributed by atoms with Crippen molar-refractivity contribution in [1.82, 2.24) is 4.98 Å². The summed E-state index contributed by atoms with van der Waals surface area (Å²) in [6.45, 7) is 0. The number of nitrogens with zero attached hydrogens (tertiary/aromatic N) is 2. The SMILES string of the molecule is O=S(=O)(c1[c]cccc1)N(Cl)c1cscn1. The minimum atomic E-state index is -3.77. The molecule has 0 bridgehead atoms. The topological polar surface area (TPSA) is 50.3 Å². The van der Waals surface area contributed by atoms with E-state index in [-0.39, 0.29) is 10.7 Å². The first-order chi connectivity index (χ1) is 7.62. The van der Waals surface area contributed by atoms with E-state index in [1.54, 1.807) is 17.5 Å². The van der Waals surface area contributed by atoms with Crippen LogP contribution in [0.15, 0.2) is 40.1 Å². The molecular weight excluding hydrogens is 268 g/mol. The highest BCUT2D eigenvalue weighted by Gasteiger charge is 2.24. The molecule has 0 unspecified atom stereocenters. The fraction of sp³-hybridized carbons (Fsp3) is 0. The van der Waals surface area contributed by atoms with Crippen LogP contribution < -0.4 is 3.82 Å². The molecule has 1 aromatic heterocycles. The predicted octanol–water partition coefficient (Wildman–Crippen LogP) is 2.29. The normalized spacial score (nSPS) is 11.3. The van der Waals surface area contributed by atoms with E-state index in [2.05, 4.69) is 11.1 Å². The molecule has 7 heteroatoms. The molecule has 0 fully saturated rings. The molecule has 16 heavy (non-hydrogen) atoms. The van der Waals surface area contributed by atoms with E-state index in [1.165, 1.54) is 29.0 Å². The van der Waals surface area contributed by atoms with Gasteiger partial charge in [-0.05, 0) is 6.07 Å². The van der Waals surface area contributed by atoms with Crippen molar-refractivity contribution >= 4 is 39.0 Å². The van der Waals surface area contributed by atoms with Crippen LogP contribution in [0.2, 0.25) is 0 Å². The summed E-state index contributed by atoms with van der Waals surface area (Å²) in [7, 11) is -3.77. The van der Waals surface area contributed by atoms with Crippen LogP contribution in [0, 0.1) is 6.07 Å². The van der Waals surface area contributed by atoms with Crippen molar-refractivity contribution in [2.24, 2.45) is 0 Å². The molecule has 0 atom stereocenters. The Bertz CT molecular complexity index is 554. The highest BCUT2D eigenvalue weighted by molar-refractivity contribution is 7.94. The summed E-state index contributed by atoms with van der Waals surface area (Å²) >= 11 is 7.01. The Hall–Kier alpha value is -1.11. The van der Waals surface area contributed by atoms with Gasteiger partial charge in [0.05, 0.1) is 10.4 Å². The average Bonchev–Trinajstić information content (AvgIpc) is 2.82. The number of aromatic nitrogens is 1. The Morgan fingerprint density at radius 1 is 1.44 bits per heavy atom. The van der Waals surface area contributed by atoms with Gasteiger partial charge in [-0.15, -0.1) is 11.3 Å². The van der Waals surface area contributed by atoms with Gasteiger partial charge in [-0.25, -0.2) is 4.98 Å². The number of hydrogen-bond acceptors (Lipinski definition) is 4.